The molecule has 1 fully saturated rings. The monoisotopic (exact) mass is 490 g/mol. The lowest BCUT2D eigenvalue weighted by molar-refractivity contribution is -0.122. The maximum atomic E-state index is 13.1. The fourth-order valence-corrected chi connectivity index (χ4v) is 3.46. The molecular weight excluding hydrogens is 472 g/mol. The Balaban J connectivity index is 1.51. The summed E-state index contributed by atoms with van der Waals surface area (Å²) >= 11 is 5.88. The number of imide groups is 2. The van der Waals surface area contributed by atoms with Gasteiger partial charge in [0.1, 0.15) is 17.9 Å². The Bertz CT molecular complexity index is 1320. The molecule has 1 saturated heterocycles. The highest BCUT2D eigenvalue weighted by molar-refractivity contribution is 6.39. The van der Waals surface area contributed by atoms with E-state index in [0.29, 0.717) is 28.5 Å². The van der Waals surface area contributed by atoms with Gasteiger partial charge in [-0.15, -0.1) is 0 Å². The van der Waals surface area contributed by atoms with Crippen LogP contribution < -0.4 is 15.0 Å². The number of hydrogen-bond acceptors (Lipinski definition) is 6. The van der Waals surface area contributed by atoms with Crippen LogP contribution in [0.25, 0.3) is 6.08 Å². The Labute approximate surface area is 205 Å². The van der Waals surface area contributed by atoms with Gasteiger partial charge in [0.05, 0.1) is 18.4 Å². The van der Waals surface area contributed by atoms with E-state index in [1.807, 2.05) is 12.1 Å². The quantitative estimate of drug-likeness (QED) is 0.313. The number of carbonyl (C=O) groups excluding carboxylic acids is 4. The Kier molecular flexibility index (Phi) is 6.93. The summed E-state index contributed by atoms with van der Waals surface area (Å²) in [6.07, 6.45) is 1.35. The summed E-state index contributed by atoms with van der Waals surface area (Å²) in [5.41, 5.74) is 1.79. The number of esters is 1. The number of ether oxygens (including phenoxy) is 2. The van der Waals surface area contributed by atoms with Gasteiger partial charge in [-0.3, -0.25) is 14.9 Å². The van der Waals surface area contributed by atoms with E-state index < -0.39 is 23.8 Å². The van der Waals surface area contributed by atoms with Crippen LogP contribution in [0.4, 0.5) is 10.5 Å². The molecular formula is C26H19ClN2O6. The smallest absolute Gasteiger partial charge is 0.337 e. The maximum absolute atomic E-state index is 13.1. The molecule has 8 nitrogen and oxygen atoms in total. The standard InChI is InChI=1S/C26H19ClN2O6/c1-34-25(32)18-6-2-16(3-7-18)14-22-23(30)28-26(33)29(24(22)31)20-10-12-21(13-11-20)35-15-17-4-8-19(27)9-5-17/h2-14H,15H2,1H3,(H,28,30,33)/b22-14+. The number of carbonyl (C=O) groups is 4. The van der Waals surface area contributed by atoms with Gasteiger partial charge in [0.25, 0.3) is 11.8 Å². The first-order valence-electron chi connectivity index (χ1n) is 10.4. The average molecular weight is 491 g/mol. The van der Waals surface area contributed by atoms with Crippen molar-refractivity contribution in [3.8, 4) is 5.75 Å². The lowest BCUT2D eigenvalue weighted by Gasteiger charge is -2.26. The second kappa shape index (κ2) is 10.2. The highest BCUT2D eigenvalue weighted by atomic mass is 35.5. The molecule has 0 spiro atoms. The molecule has 0 unspecified atom stereocenters. The Morgan fingerprint density at radius 3 is 2.23 bits per heavy atom. The number of benzene rings is 3. The predicted octanol–water partition coefficient (Wildman–Crippen LogP) is 4.37. The summed E-state index contributed by atoms with van der Waals surface area (Å²) in [6, 6.07) is 18.9. The zero-order chi connectivity index (χ0) is 24.9. The minimum atomic E-state index is -0.854. The number of rotatable bonds is 6. The van der Waals surface area contributed by atoms with Gasteiger partial charge in [-0.25, -0.2) is 14.5 Å². The highest BCUT2D eigenvalue weighted by Crippen LogP contribution is 2.25. The first-order valence-corrected chi connectivity index (χ1v) is 10.8. The van der Waals surface area contributed by atoms with Gasteiger partial charge in [-0.1, -0.05) is 35.9 Å². The fourth-order valence-electron chi connectivity index (χ4n) is 3.33. The zero-order valence-corrected chi connectivity index (χ0v) is 19.2. The van der Waals surface area contributed by atoms with Gasteiger partial charge >= 0.3 is 12.0 Å². The van der Waals surface area contributed by atoms with Crippen LogP contribution in [-0.4, -0.2) is 30.9 Å². The minimum absolute atomic E-state index is 0.224. The van der Waals surface area contributed by atoms with Gasteiger partial charge < -0.3 is 9.47 Å². The summed E-state index contributed by atoms with van der Waals surface area (Å²) < 4.78 is 10.4. The van der Waals surface area contributed by atoms with E-state index in [4.69, 9.17) is 16.3 Å². The van der Waals surface area contributed by atoms with Crippen molar-refractivity contribution >= 4 is 47.2 Å². The largest absolute Gasteiger partial charge is 0.489 e. The molecule has 0 radical (unpaired) electrons. The fraction of sp³-hybridized carbons (Fsp3) is 0.0769. The maximum Gasteiger partial charge on any atom is 0.337 e. The number of nitrogens with one attached hydrogen (secondary N) is 1. The number of amides is 4. The molecule has 3 aromatic carbocycles. The molecule has 1 heterocycles. The molecule has 0 bridgehead atoms. The molecule has 0 aromatic heterocycles. The number of urea groups is 1. The van der Waals surface area contributed by atoms with E-state index in [9.17, 15) is 19.2 Å². The Morgan fingerprint density at radius 2 is 1.60 bits per heavy atom. The second-order valence-electron chi connectivity index (χ2n) is 7.48. The van der Waals surface area contributed by atoms with E-state index in [-0.39, 0.29) is 11.3 Å². The number of anilines is 1. The summed E-state index contributed by atoms with van der Waals surface area (Å²) in [4.78, 5) is 50.3. The van der Waals surface area contributed by atoms with E-state index in [2.05, 4.69) is 10.1 Å². The van der Waals surface area contributed by atoms with Gasteiger partial charge in [0, 0.05) is 5.02 Å². The molecule has 1 aliphatic heterocycles. The normalized spacial score (nSPS) is 14.6. The minimum Gasteiger partial charge on any atom is -0.489 e. The van der Waals surface area contributed by atoms with Crippen molar-refractivity contribution in [2.75, 3.05) is 12.0 Å². The topological polar surface area (TPSA) is 102 Å². The summed E-state index contributed by atoms with van der Waals surface area (Å²) in [7, 11) is 1.27. The summed E-state index contributed by atoms with van der Waals surface area (Å²) in [6.45, 7) is 0.315. The Morgan fingerprint density at radius 1 is 0.943 bits per heavy atom. The van der Waals surface area contributed by atoms with Crippen molar-refractivity contribution in [3.63, 3.8) is 0 Å². The molecule has 0 aliphatic carbocycles. The van der Waals surface area contributed by atoms with Crippen molar-refractivity contribution in [1.82, 2.24) is 5.32 Å². The number of halogens is 1. The van der Waals surface area contributed by atoms with Crippen LogP contribution in [0, 0.1) is 0 Å². The predicted molar refractivity (Wildman–Crippen MR) is 129 cm³/mol. The molecule has 0 saturated carbocycles. The van der Waals surface area contributed by atoms with Crippen molar-refractivity contribution < 1.29 is 28.7 Å². The molecule has 0 atom stereocenters. The van der Waals surface area contributed by atoms with Crippen LogP contribution in [0.15, 0.2) is 78.4 Å². The molecule has 9 heteroatoms. The van der Waals surface area contributed by atoms with Crippen LogP contribution >= 0.6 is 11.6 Å². The lowest BCUT2D eigenvalue weighted by Crippen LogP contribution is -2.54. The number of hydrogen-bond donors (Lipinski definition) is 1. The zero-order valence-electron chi connectivity index (χ0n) is 18.5. The van der Waals surface area contributed by atoms with Crippen molar-refractivity contribution in [2.24, 2.45) is 0 Å². The molecule has 4 amide bonds. The van der Waals surface area contributed by atoms with Crippen molar-refractivity contribution in [3.05, 3.63) is 100 Å². The van der Waals surface area contributed by atoms with Gasteiger partial charge in [0.15, 0.2) is 0 Å². The van der Waals surface area contributed by atoms with Crippen molar-refractivity contribution in [1.29, 1.82) is 0 Å². The second-order valence-corrected chi connectivity index (χ2v) is 7.92. The SMILES string of the molecule is COC(=O)c1ccc(/C=C2\C(=O)NC(=O)N(c3ccc(OCc4ccc(Cl)cc4)cc3)C2=O)cc1. The van der Waals surface area contributed by atoms with Crippen LogP contribution in [0.3, 0.4) is 0 Å². The molecule has 4 rings (SSSR count). The van der Waals surface area contributed by atoms with Crippen LogP contribution in [0.5, 0.6) is 5.75 Å². The van der Waals surface area contributed by atoms with E-state index in [1.54, 1.807) is 48.5 Å². The number of nitrogens with zero attached hydrogens (tertiary/aromatic N) is 1. The van der Waals surface area contributed by atoms with E-state index in [0.717, 1.165) is 10.5 Å². The third kappa shape index (κ3) is 5.39. The first kappa shape index (κ1) is 23.7. The van der Waals surface area contributed by atoms with Crippen LogP contribution in [0.2, 0.25) is 5.02 Å². The summed E-state index contributed by atoms with van der Waals surface area (Å²) in [5, 5.41) is 2.81. The van der Waals surface area contributed by atoms with Gasteiger partial charge in [0.2, 0.25) is 0 Å². The third-order valence-corrected chi connectivity index (χ3v) is 5.41. The Hall–Kier alpha value is -4.43. The van der Waals surface area contributed by atoms with E-state index in [1.165, 1.54) is 25.3 Å². The molecule has 35 heavy (non-hydrogen) atoms. The van der Waals surface area contributed by atoms with Gasteiger partial charge in [-0.2, -0.15) is 0 Å². The van der Waals surface area contributed by atoms with Gasteiger partial charge in [-0.05, 0) is 65.7 Å². The van der Waals surface area contributed by atoms with E-state index >= 15 is 0 Å². The lowest BCUT2D eigenvalue weighted by atomic mass is 10.1. The number of barbiturate groups is 1. The molecule has 1 aliphatic rings. The third-order valence-electron chi connectivity index (χ3n) is 5.16. The summed E-state index contributed by atoms with van der Waals surface area (Å²) in [5.74, 6) is -1.55. The molecule has 176 valence electrons. The molecule has 3 aromatic rings. The van der Waals surface area contributed by atoms with Crippen molar-refractivity contribution in [2.45, 2.75) is 6.61 Å². The first-order chi connectivity index (χ1) is 16.9. The highest BCUT2D eigenvalue weighted by Gasteiger charge is 2.36. The van der Waals surface area contributed by atoms with Crippen LogP contribution in [0.1, 0.15) is 21.5 Å². The number of methoxy groups -OCH3 is 1. The molecule has 1 N–H and O–H groups in total. The average Bonchev–Trinajstić information content (AvgIpc) is 2.87. The van der Waals surface area contributed by atoms with Crippen LogP contribution in [-0.2, 0) is 20.9 Å².